The molecule has 0 saturated carbocycles. The lowest BCUT2D eigenvalue weighted by atomic mass is 9.86. The first-order valence-electron chi connectivity index (χ1n) is 26.0. The summed E-state index contributed by atoms with van der Waals surface area (Å²) in [4.78, 5) is 0. The number of hydrogen-bond acceptors (Lipinski definition) is 1. The van der Waals surface area contributed by atoms with E-state index < -0.39 is 29.0 Å². The molecule has 80 heavy (non-hydrogen) atoms. The first-order chi connectivity index (χ1) is 38.9. The molecule has 0 saturated heterocycles. The number of aromatic nitrogens is 4. The minimum absolute atomic E-state index is 0.0487. The third-order valence-corrected chi connectivity index (χ3v) is 15.8. The van der Waals surface area contributed by atoms with Crippen LogP contribution in [-0.4, -0.2) is 18.3 Å². The van der Waals surface area contributed by atoms with E-state index in [4.69, 9.17) is 0 Å². The molecule has 0 aliphatic heterocycles. The van der Waals surface area contributed by atoms with Gasteiger partial charge in [0.05, 0.1) is 72.6 Å². The van der Waals surface area contributed by atoms with Gasteiger partial charge in [0.1, 0.15) is 0 Å². The van der Waals surface area contributed by atoms with Crippen molar-refractivity contribution < 1.29 is 26.3 Å². The summed E-state index contributed by atoms with van der Waals surface area (Å²) in [5.74, 6) is 0. The molecule has 0 N–H and O–H groups in total. The molecule has 11 aromatic carbocycles. The molecule has 0 amide bonds. The molecular formula is C69H39F6N5. The normalized spacial score (nSPS) is 12.4. The van der Waals surface area contributed by atoms with Crippen LogP contribution in [0, 0.1) is 11.3 Å². The summed E-state index contributed by atoms with van der Waals surface area (Å²) in [5, 5.41) is 18.3. The van der Waals surface area contributed by atoms with Gasteiger partial charge in [-0.2, -0.15) is 31.6 Å². The molecule has 382 valence electrons. The zero-order chi connectivity index (χ0) is 54.2. The summed E-state index contributed by atoms with van der Waals surface area (Å²) in [6.45, 7) is 0. The topological polar surface area (TPSA) is 43.5 Å². The predicted molar refractivity (Wildman–Crippen MR) is 309 cm³/mol. The van der Waals surface area contributed by atoms with Gasteiger partial charge in [0.25, 0.3) is 0 Å². The van der Waals surface area contributed by atoms with Crippen LogP contribution in [0.5, 0.6) is 0 Å². The van der Waals surface area contributed by atoms with Crippen LogP contribution in [-0.2, 0) is 12.4 Å². The number of nitriles is 1. The van der Waals surface area contributed by atoms with E-state index in [9.17, 15) is 5.26 Å². The van der Waals surface area contributed by atoms with E-state index in [2.05, 4.69) is 63.7 Å². The van der Waals surface area contributed by atoms with Gasteiger partial charge >= 0.3 is 12.4 Å². The fourth-order valence-electron chi connectivity index (χ4n) is 12.6. The van der Waals surface area contributed by atoms with Crippen LogP contribution in [0.3, 0.4) is 0 Å². The van der Waals surface area contributed by atoms with Gasteiger partial charge in [-0.1, -0.05) is 121 Å². The Balaban J connectivity index is 1.08. The number of rotatable bonds is 6. The van der Waals surface area contributed by atoms with Crippen LogP contribution in [0.1, 0.15) is 16.7 Å². The Morgan fingerprint density at radius 1 is 0.287 bits per heavy atom. The zero-order valence-corrected chi connectivity index (χ0v) is 42.0. The molecule has 15 rings (SSSR count). The Morgan fingerprint density at radius 3 is 1.12 bits per heavy atom. The standard InChI is InChI=1S/C69H39F6N5/c70-68(71,72)56-24-15-25-57(69(73,74)75)67(56)49-32-31-44(79-60-28-13-9-22-47(60)54-36-52-45-20-7-11-26-58(45)77(63(52)38-65(54)79)42-16-3-1-4-17-42)35-50(49)51-34-41(40-76)30-33-62(51)80-61-29-14-10-23-48(61)55-37-53-46-21-8-12-27-59(46)78(64(53)39-66(55)80)43-18-5-2-6-19-43/h1-39H. The highest BCUT2D eigenvalue weighted by Crippen LogP contribution is 2.50. The second-order valence-electron chi connectivity index (χ2n) is 20.2. The minimum atomic E-state index is -5.20. The number of halogens is 6. The third-order valence-electron chi connectivity index (χ3n) is 15.8. The van der Waals surface area contributed by atoms with Crippen molar-refractivity contribution in [2.75, 3.05) is 0 Å². The number of fused-ring (bicyclic) bond motifs is 12. The number of nitrogens with zero attached hydrogens (tertiary/aromatic N) is 5. The van der Waals surface area contributed by atoms with Crippen molar-refractivity contribution in [3.05, 3.63) is 253 Å². The van der Waals surface area contributed by atoms with Gasteiger partial charge in [0.2, 0.25) is 0 Å². The van der Waals surface area contributed by atoms with Gasteiger partial charge in [-0.25, -0.2) is 0 Å². The molecule has 11 heteroatoms. The van der Waals surface area contributed by atoms with Gasteiger partial charge in [-0.05, 0) is 126 Å². The van der Waals surface area contributed by atoms with Crippen LogP contribution in [0.25, 0.3) is 132 Å². The molecule has 5 nitrogen and oxygen atoms in total. The molecule has 0 bridgehead atoms. The van der Waals surface area contributed by atoms with Gasteiger partial charge < -0.3 is 18.3 Å². The number of hydrogen-bond donors (Lipinski definition) is 0. The SMILES string of the molecule is N#Cc1ccc(-n2c3ccccc3c3cc4c5ccccc5n(-c5ccccc5)c4cc32)c(-c2cc(-n3c4ccccc4c4cc5c6ccccc6n(-c6ccccc6)c5cc43)ccc2-c2c(C(F)(F)F)cccc2C(F)(F)F)c1. The fourth-order valence-corrected chi connectivity index (χ4v) is 12.6. The quantitative estimate of drug-likeness (QED) is 0.153. The lowest BCUT2D eigenvalue weighted by molar-refractivity contribution is -0.142. The second kappa shape index (κ2) is 17.3. The van der Waals surface area contributed by atoms with Crippen molar-refractivity contribution >= 4 is 87.2 Å². The molecule has 15 aromatic rings. The number of alkyl halides is 6. The van der Waals surface area contributed by atoms with E-state index in [1.807, 2.05) is 143 Å². The summed E-state index contributed by atoms with van der Waals surface area (Å²) in [7, 11) is 0. The molecule has 0 fully saturated rings. The van der Waals surface area contributed by atoms with E-state index in [1.165, 1.54) is 6.07 Å². The Kier molecular flexibility index (Phi) is 10.2. The lowest BCUT2D eigenvalue weighted by Crippen LogP contribution is -2.14. The molecule has 0 unspecified atom stereocenters. The van der Waals surface area contributed by atoms with Crippen LogP contribution in [0.15, 0.2) is 237 Å². The first-order valence-corrected chi connectivity index (χ1v) is 26.0. The highest BCUT2D eigenvalue weighted by atomic mass is 19.4. The van der Waals surface area contributed by atoms with Crippen molar-refractivity contribution in [3.63, 3.8) is 0 Å². The molecule has 4 aromatic heterocycles. The second-order valence-corrected chi connectivity index (χ2v) is 20.2. The maximum absolute atomic E-state index is 15.6. The van der Waals surface area contributed by atoms with Crippen molar-refractivity contribution in [3.8, 4) is 51.1 Å². The fraction of sp³-hybridized carbons (Fsp3) is 0.0290. The largest absolute Gasteiger partial charge is 0.417 e. The van der Waals surface area contributed by atoms with Crippen molar-refractivity contribution in [1.82, 2.24) is 18.3 Å². The molecular weight excluding hydrogens is 1010 g/mol. The van der Waals surface area contributed by atoms with Crippen LogP contribution in [0.2, 0.25) is 0 Å². The highest BCUT2D eigenvalue weighted by molar-refractivity contribution is 6.21. The Labute approximate surface area is 451 Å². The van der Waals surface area contributed by atoms with Crippen LogP contribution >= 0.6 is 0 Å². The first kappa shape index (κ1) is 46.9. The molecule has 0 spiro atoms. The van der Waals surface area contributed by atoms with E-state index in [-0.39, 0.29) is 22.3 Å². The molecule has 0 radical (unpaired) electrons. The van der Waals surface area contributed by atoms with Gasteiger partial charge in [-0.15, -0.1) is 0 Å². The number of benzene rings is 11. The lowest BCUT2D eigenvalue weighted by Gasteiger charge is -2.23. The maximum atomic E-state index is 15.6. The van der Waals surface area contributed by atoms with E-state index in [0.717, 1.165) is 105 Å². The third kappa shape index (κ3) is 6.98. The smallest absolute Gasteiger partial charge is 0.309 e. The summed E-state index contributed by atoms with van der Waals surface area (Å²) in [5.41, 5.74) is 5.74. The predicted octanol–water partition coefficient (Wildman–Crippen LogP) is 19.3. The maximum Gasteiger partial charge on any atom is 0.417 e. The van der Waals surface area contributed by atoms with E-state index in [0.29, 0.717) is 23.5 Å². The summed E-state index contributed by atoms with van der Waals surface area (Å²) >= 11 is 0. The van der Waals surface area contributed by atoms with E-state index in [1.54, 1.807) is 30.3 Å². The van der Waals surface area contributed by atoms with Gasteiger partial charge in [0, 0.05) is 71.3 Å². The van der Waals surface area contributed by atoms with Gasteiger partial charge in [0.15, 0.2) is 0 Å². The van der Waals surface area contributed by atoms with Crippen molar-refractivity contribution in [2.45, 2.75) is 12.4 Å². The van der Waals surface area contributed by atoms with E-state index >= 15 is 26.3 Å². The van der Waals surface area contributed by atoms with Gasteiger partial charge in [-0.3, -0.25) is 0 Å². The Hall–Kier alpha value is -10.3. The highest BCUT2D eigenvalue weighted by Gasteiger charge is 2.42. The molecule has 4 heterocycles. The molecule has 0 aliphatic carbocycles. The Bertz CT molecular complexity index is 5070. The summed E-state index contributed by atoms with van der Waals surface area (Å²) < 4.78 is 102. The van der Waals surface area contributed by atoms with Crippen molar-refractivity contribution in [2.24, 2.45) is 0 Å². The van der Waals surface area contributed by atoms with Crippen LogP contribution < -0.4 is 0 Å². The minimum Gasteiger partial charge on any atom is -0.309 e. The summed E-state index contributed by atoms with van der Waals surface area (Å²) in [6, 6.07) is 74.6. The molecule has 0 atom stereocenters. The monoisotopic (exact) mass is 1050 g/mol. The average molecular weight is 1050 g/mol. The van der Waals surface area contributed by atoms with Crippen LogP contribution in [0.4, 0.5) is 26.3 Å². The number of para-hydroxylation sites is 6. The average Bonchev–Trinajstić information content (AvgIpc) is 4.27. The molecule has 0 aliphatic rings. The van der Waals surface area contributed by atoms with Crippen molar-refractivity contribution in [1.29, 1.82) is 5.26 Å². The summed E-state index contributed by atoms with van der Waals surface area (Å²) in [6.07, 6.45) is -10.4. The Morgan fingerprint density at radius 2 is 0.688 bits per heavy atom. The zero-order valence-electron chi connectivity index (χ0n) is 42.0.